The minimum atomic E-state index is 0. The lowest BCUT2D eigenvalue weighted by Gasteiger charge is -1.84. The maximum absolute atomic E-state index is 5.51. The summed E-state index contributed by atoms with van der Waals surface area (Å²) in [5, 5.41) is 7.43. The zero-order chi connectivity index (χ0) is 6.85. The summed E-state index contributed by atoms with van der Waals surface area (Å²) in [6.45, 7) is 2.73. The maximum atomic E-state index is 5.51. The highest BCUT2D eigenvalue weighted by molar-refractivity contribution is 14.0. The predicted molar refractivity (Wildman–Crippen MR) is 46.7 cm³/mol. The topological polar surface area (TPSA) is 60.6 Å². The summed E-state index contributed by atoms with van der Waals surface area (Å²) in [5.74, 6) is 0.581. The molecule has 0 aliphatic rings. The van der Waals surface area contributed by atoms with Crippen molar-refractivity contribution in [2.24, 2.45) is 7.05 Å². The Hall–Kier alpha value is -0.400. The normalized spacial score (nSPS) is 9.00. The summed E-state index contributed by atoms with van der Waals surface area (Å²) in [4.78, 5) is 0. The van der Waals surface area contributed by atoms with Crippen LogP contribution in [0.2, 0.25) is 0 Å². The van der Waals surface area contributed by atoms with Crippen molar-refractivity contribution in [1.29, 1.82) is 0 Å². The fourth-order valence-electron chi connectivity index (χ4n) is 0.592. The molecule has 10 heavy (non-hydrogen) atoms. The summed E-state index contributed by atoms with van der Waals surface area (Å²) < 4.78 is 3.16. The van der Waals surface area contributed by atoms with Gasteiger partial charge in [-0.05, 0) is 6.92 Å². The van der Waals surface area contributed by atoms with Crippen LogP contribution in [0.25, 0.3) is 0 Å². The first kappa shape index (κ1) is 9.60. The van der Waals surface area contributed by atoms with E-state index < -0.39 is 0 Å². The Morgan fingerprint density at radius 3 is 2.50 bits per heavy atom. The number of nitrogens with zero attached hydrogens (tertiary/aromatic N) is 4. The van der Waals surface area contributed by atoms with E-state index in [4.69, 9.17) is 5.73 Å². The molecule has 5 nitrogen and oxygen atoms in total. The molecule has 1 aromatic rings. The summed E-state index contributed by atoms with van der Waals surface area (Å²) in [5.41, 5.74) is 5.51. The van der Waals surface area contributed by atoms with Crippen LogP contribution >= 0.6 is 24.0 Å². The largest absolute Gasteiger partial charge is 0.362 e. The van der Waals surface area contributed by atoms with E-state index in [9.17, 15) is 0 Å². The molecule has 1 aromatic heterocycles. The van der Waals surface area contributed by atoms with E-state index in [1.165, 1.54) is 4.68 Å². The van der Waals surface area contributed by atoms with Crippen molar-refractivity contribution in [2.75, 3.05) is 5.73 Å². The summed E-state index contributed by atoms with van der Waals surface area (Å²) in [6, 6.07) is 0. The molecule has 58 valence electrons. The molecule has 0 aliphatic heterocycles. The van der Waals surface area contributed by atoms with Gasteiger partial charge in [-0.25, -0.2) is 0 Å². The first-order valence-electron chi connectivity index (χ1n) is 2.81. The molecule has 0 bridgehead atoms. The van der Waals surface area contributed by atoms with Gasteiger partial charge in [0, 0.05) is 0 Å². The summed E-state index contributed by atoms with van der Waals surface area (Å²) in [7, 11) is 1.76. The van der Waals surface area contributed by atoms with Crippen LogP contribution in [0.5, 0.6) is 0 Å². The van der Waals surface area contributed by atoms with Crippen molar-refractivity contribution in [3.05, 3.63) is 0 Å². The highest BCUT2D eigenvalue weighted by atomic mass is 127. The fourth-order valence-corrected chi connectivity index (χ4v) is 0.592. The third kappa shape index (κ3) is 1.55. The number of nitrogen functional groups attached to an aromatic ring is 1. The van der Waals surface area contributed by atoms with Gasteiger partial charge in [-0.1, -0.05) is 4.68 Å². The van der Waals surface area contributed by atoms with Gasteiger partial charge in [0.25, 0.3) is 0 Å². The van der Waals surface area contributed by atoms with Gasteiger partial charge in [-0.15, -0.1) is 28.7 Å². The van der Waals surface area contributed by atoms with E-state index in [0.717, 1.165) is 6.54 Å². The second-order valence-electron chi connectivity index (χ2n) is 1.78. The average molecular weight is 256 g/mol. The molecule has 0 saturated carbocycles. The molecule has 0 atom stereocenters. The number of nitrogens with two attached hydrogens (primary N) is 1. The molecule has 0 aromatic carbocycles. The molecular weight excluding hydrogens is 245 g/mol. The van der Waals surface area contributed by atoms with E-state index >= 15 is 0 Å². The minimum Gasteiger partial charge on any atom is -0.306 e. The van der Waals surface area contributed by atoms with Gasteiger partial charge in [-0.3, -0.25) is 0 Å². The molecule has 0 aliphatic carbocycles. The Labute approximate surface area is 76.2 Å². The van der Waals surface area contributed by atoms with Crippen LogP contribution in [0.4, 0.5) is 5.95 Å². The molecule has 0 saturated heterocycles. The first-order chi connectivity index (χ1) is 4.25. The van der Waals surface area contributed by atoms with E-state index in [2.05, 4.69) is 10.4 Å². The second kappa shape index (κ2) is 3.69. The summed E-state index contributed by atoms with van der Waals surface area (Å²) in [6.07, 6.45) is 0. The molecule has 0 radical (unpaired) electrons. The van der Waals surface area contributed by atoms with Crippen molar-refractivity contribution in [3.63, 3.8) is 0 Å². The van der Waals surface area contributed by atoms with Gasteiger partial charge in [-0.2, -0.15) is 0 Å². The predicted octanol–water partition coefficient (Wildman–Crippen LogP) is -0.677. The maximum Gasteiger partial charge on any atom is 0.362 e. The van der Waals surface area contributed by atoms with Crippen molar-refractivity contribution in [3.8, 4) is 0 Å². The number of rotatable bonds is 1. The van der Waals surface area contributed by atoms with Crippen molar-refractivity contribution in [2.45, 2.75) is 13.5 Å². The number of tetrazole rings is 1. The van der Waals surface area contributed by atoms with E-state index in [-0.39, 0.29) is 24.0 Å². The van der Waals surface area contributed by atoms with Gasteiger partial charge < -0.3 is 5.73 Å². The number of halogens is 1. The molecular formula is C4H11IN5+. The lowest BCUT2D eigenvalue weighted by molar-refractivity contribution is -0.718. The number of anilines is 1. The molecule has 2 N–H and O–H groups in total. The zero-order valence-corrected chi connectivity index (χ0v) is 8.31. The van der Waals surface area contributed by atoms with Crippen LogP contribution in [0.1, 0.15) is 6.92 Å². The van der Waals surface area contributed by atoms with Crippen LogP contribution in [-0.2, 0) is 13.6 Å². The van der Waals surface area contributed by atoms with E-state index in [1.54, 1.807) is 11.7 Å². The van der Waals surface area contributed by atoms with Crippen molar-refractivity contribution in [1.82, 2.24) is 15.1 Å². The minimum absolute atomic E-state index is 0. The SMILES string of the molecule is CCn1nn[n+](C)c1N.I. The Morgan fingerprint density at radius 2 is 2.30 bits per heavy atom. The monoisotopic (exact) mass is 256 g/mol. The lowest BCUT2D eigenvalue weighted by Crippen LogP contribution is -2.34. The number of aromatic nitrogens is 4. The Kier molecular flexibility index (Phi) is 3.54. The number of hydrogen-bond acceptors (Lipinski definition) is 3. The molecule has 1 heterocycles. The van der Waals surface area contributed by atoms with Crippen molar-refractivity contribution < 1.29 is 4.68 Å². The smallest absolute Gasteiger partial charge is 0.306 e. The van der Waals surface area contributed by atoms with E-state index in [0.29, 0.717) is 5.95 Å². The second-order valence-corrected chi connectivity index (χ2v) is 1.78. The molecule has 0 spiro atoms. The Bertz CT molecular complexity index is 207. The van der Waals surface area contributed by atoms with Crippen LogP contribution in [0, 0.1) is 0 Å². The quantitative estimate of drug-likeness (QED) is 0.535. The highest BCUT2D eigenvalue weighted by Crippen LogP contribution is 1.85. The Balaban J connectivity index is 0.000000810. The van der Waals surface area contributed by atoms with Gasteiger partial charge in [0.05, 0.1) is 18.8 Å². The lowest BCUT2D eigenvalue weighted by atomic mass is 10.7. The summed E-state index contributed by atoms with van der Waals surface area (Å²) >= 11 is 0. The third-order valence-corrected chi connectivity index (χ3v) is 1.18. The zero-order valence-electron chi connectivity index (χ0n) is 5.98. The van der Waals surface area contributed by atoms with Crippen LogP contribution in [-0.4, -0.2) is 15.1 Å². The molecule has 6 heteroatoms. The van der Waals surface area contributed by atoms with Crippen LogP contribution in [0.15, 0.2) is 0 Å². The number of aryl methyl sites for hydroxylation is 2. The Morgan fingerprint density at radius 1 is 1.70 bits per heavy atom. The standard InChI is InChI=1S/C4H9N5.HI/c1-3-9-4(5)8(2)6-7-9;/h5H,3H2,1-2H3;1H/p+1. The number of hydrogen-bond donors (Lipinski definition) is 1. The fraction of sp³-hybridized carbons (Fsp3) is 0.750. The van der Waals surface area contributed by atoms with Crippen LogP contribution < -0.4 is 10.4 Å². The first-order valence-corrected chi connectivity index (χ1v) is 2.81. The average Bonchev–Trinajstić information content (AvgIpc) is 2.15. The molecule has 1 rings (SSSR count). The molecule has 0 fully saturated rings. The third-order valence-electron chi connectivity index (χ3n) is 1.18. The van der Waals surface area contributed by atoms with Gasteiger partial charge in [0.15, 0.2) is 0 Å². The van der Waals surface area contributed by atoms with Gasteiger partial charge in [0.1, 0.15) is 5.21 Å². The highest BCUT2D eigenvalue weighted by Gasteiger charge is 2.08. The van der Waals surface area contributed by atoms with E-state index in [1.807, 2.05) is 6.92 Å². The van der Waals surface area contributed by atoms with Gasteiger partial charge >= 0.3 is 5.95 Å². The van der Waals surface area contributed by atoms with Crippen LogP contribution in [0.3, 0.4) is 0 Å². The van der Waals surface area contributed by atoms with Gasteiger partial charge in [0.2, 0.25) is 0 Å². The molecule has 0 unspecified atom stereocenters. The van der Waals surface area contributed by atoms with Crippen molar-refractivity contribution >= 4 is 29.9 Å². The molecule has 0 amide bonds.